The molecule has 0 atom stereocenters. The van der Waals surface area contributed by atoms with Gasteiger partial charge in [-0.15, -0.1) is 0 Å². The number of nitrogens with two attached hydrogens (primary N) is 2. The van der Waals surface area contributed by atoms with E-state index in [-0.39, 0.29) is 0 Å². The lowest BCUT2D eigenvalue weighted by atomic mass is 10.0. The number of piperidine rings is 1. The first kappa shape index (κ1) is 16.9. The molecule has 2 saturated heterocycles. The predicted octanol–water partition coefficient (Wildman–Crippen LogP) is 0.943. The van der Waals surface area contributed by atoms with Gasteiger partial charge in [0.15, 0.2) is 5.75 Å². The van der Waals surface area contributed by atoms with Crippen LogP contribution in [0.25, 0.3) is 0 Å². The van der Waals surface area contributed by atoms with Gasteiger partial charge in [-0.25, -0.2) is 4.79 Å². The predicted molar refractivity (Wildman–Crippen MR) is 95.4 cm³/mol. The number of rotatable bonds is 3. The fourth-order valence-corrected chi connectivity index (χ4v) is 3.59. The number of hydrogen-bond donors (Lipinski definition) is 2. The van der Waals surface area contributed by atoms with E-state index in [9.17, 15) is 4.79 Å². The Morgan fingerprint density at radius 1 is 1.12 bits per heavy atom. The molecule has 0 radical (unpaired) electrons. The van der Waals surface area contributed by atoms with Gasteiger partial charge >= 0.3 is 6.09 Å². The minimum absolute atomic E-state index is 0.334. The Balaban J connectivity index is 1.59. The summed E-state index contributed by atoms with van der Waals surface area (Å²) in [5.41, 5.74) is 12.4. The highest BCUT2D eigenvalue weighted by Gasteiger charge is 2.27. The van der Waals surface area contributed by atoms with Crippen molar-refractivity contribution < 1.29 is 9.53 Å². The molecule has 7 nitrogen and oxygen atoms in total. The van der Waals surface area contributed by atoms with Gasteiger partial charge in [0.05, 0.1) is 5.69 Å². The van der Waals surface area contributed by atoms with E-state index in [0.29, 0.717) is 17.5 Å². The third kappa shape index (κ3) is 3.91. The summed E-state index contributed by atoms with van der Waals surface area (Å²) in [7, 11) is 2.19. The van der Waals surface area contributed by atoms with Crippen molar-refractivity contribution in [1.29, 1.82) is 0 Å². The SMILES string of the molecule is CN1CCN(C2CCN(c3ccc(N)c(OC(N)=O)c3)CC2)CC1. The number of amides is 1. The van der Waals surface area contributed by atoms with E-state index in [1.165, 1.54) is 13.1 Å². The fourth-order valence-electron chi connectivity index (χ4n) is 3.59. The summed E-state index contributed by atoms with van der Waals surface area (Å²) in [6.45, 7) is 6.64. The van der Waals surface area contributed by atoms with Crippen LogP contribution in [0, 0.1) is 0 Å². The Morgan fingerprint density at radius 3 is 2.42 bits per heavy atom. The molecule has 132 valence electrons. The highest BCUT2D eigenvalue weighted by Crippen LogP contribution is 2.30. The monoisotopic (exact) mass is 333 g/mol. The van der Waals surface area contributed by atoms with Crippen LogP contribution in [0.3, 0.4) is 0 Å². The summed E-state index contributed by atoms with van der Waals surface area (Å²) in [5.74, 6) is 0.334. The molecular weight excluding hydrogens is 306 g/mol. The maximum Gasteiger partial charge on any atom is 0.410 e. The molecular formula is C17H27N5O2. The van der Waals surface area contributed by atoms with E-state index >= 15 is 0 Å². The van der Waals surface area contributed by atoms with Crippen molar-refractivity contribution in [3.63, 3.8) is 0 Å². The maximum atomic E-state index is 11.0. The summed E-state index contributed by atoms with van der Waals surface area (Å²) in [4.78, 5) is 18.3. The standard InChI is InChI=1S/C17H27N5O2/c1-20-8-10-22(11-9-20)13-4-6-21(7-5-13)14-2-3-15(18)16(12-14)24-17(19)23/h2-3,12-13H,4-11,18H2,1H3,(H2,19,23). The molecule has 1 aromatic rings. The van der Waals surface area contributed by atoms with Crippen LogP contribution in [-0.2, 0) is 0 Å². The molecule has 0 aromatic heterocycles. The Kier molecular flexibility index (Phi) is 5.11. The molecule has 2 heterocycles. The topological polar surface area (TPSA) is 88.1 Å². The Hall–Kier alpha value is -1.99. The van der Waals surface area contributed by atoms with Gasteiger partial charge in [-0.1, -0.05) is 0 Å². The van der Waals surface area contributed by atoms with E-state index in [2.05, 4.69) is 21.7 Å². The number of likely N-dealkylation sites (N-methyl/N-ethyl adjacent to an activating group) is 1. The number of nitrogens with zero attached hydrogens (tertiary/aromatic N) is 3. The number of benzene rings is 1. The van der Waals surface area contributed by atoms with Crippen molar-refractivity contribution in [2.24, 2.45) is 5.73 Å². The smallest absolute Gasteiger partial charge is 0.408 e. The van der Waals surface area contributed by atoms with Crippen LogP contribution in [-0.4, -0.2) is 68.3 Å². The number of carbonyl (C=O) groups excluding carboxylic acids is 1. The zero-order valence-electron chi connectivity index (χ0n) is 14.3. The van der Waals surface area contributed by atoms with Crippen molar-refractivity contribution in [3.05, 3.63) is 18.2 Å². The third-order valence-corrected chi connectivity index (χ3v) is 5.09. The van der Waals surface area contributed by atoms with Gasteiger partial charge in [-0.3, -0.25) is 4.90 Å². The van der Waals surface area contributed by atoms with Gasteiger partial charge in [0, 0.05) is 57.1 Å². The molecule has 24 heavy (non-hydrogen) atoms. The molecule has 2 fully saturated rings. The van der Waals surface area contributed by atoms with Crippen molar-refractivity contribution in [1.82, 2.24) is 9.80 Å². The summed E-state index contributed by atoms with van der Waals surface area (Å²) in [6, 6.07) is 6.21. The van der Waals surface area contributed by atoms with Crippen molar-refractivity contribution in [2.45, 2.75) is 18.9 Å². The van der Waals surface area contributed by atoms with Crippen LogP contribution in [0.15, 0.2) is 18.2 Å². The lowest BCUT2D eigenvalue weighted by Crippen LogP contribution is -2.52. The van der Waals surface area contributed by atoms with Gasteiger partial charge in [-0.05, 0) is 32.0 Å². The second kappa shape index (κ2) is 7.27. The van der Waals surface area contributed by atoms with Crippen LogP contribution < -0.4 is 21.1 Å². The molecule has 0 aliphatic carbocycles. The molecule has 3 rings (SSSR count). The molecule has 2 aliphatic heterocycles. The maximum absolute atomic E-state index is 11.0. The van der Waals surface area contributed by atoms with Crippen LogP contribution in [0.4, 0.5) is 16.2 Å². The first-order chi connectivity index (χ1) is 11.5. The first-order valence-electron chi connectivity index (χ1n) is 8.57. The Morgan fingerprint density at radius 2 is 1.79 bits per heavy atom. The van der Waals surface area contributed by atoms with Crippen LogP contribution in [0.5, 0.6) is 5.75 Å². The number of piperazine rings is 1. The number of carbonyl (C=O) groups is 1. The third-order valence-electron chi connectivity index (χ3n) is 5.09. The van der Waals surface area contributed by atoms with E-state index in [0.717, 1.165) is 44.7 Å². The molecule has 7 heteroatoms. The molecule has 4 N–H and O–H groups in total. The molecule has 0 saturated carbocycles. The number of ether oxygens (including phenoxy) is 1. The quantitative estimate of drug-likeness (QED) is 0.801. The largest absolute Gasteiger partial charge is 0.410 e. The minimum atomic E-state index is -0.840. The molecule has 2 aliphatic rings. The number of anilines is 2. The van der Waals surface area contributed by atoms with Gasteiger partial charge in [0.1, 0.15) is 0 Å². The minimum Gasteiger partial charge on any atom is -0.408 e. The van der Waals surface area contributed by atoms with E-state index in [1.54, 1.807) is 12.1 Å². The van der Waals surface area contributed by atoms with Crippen LogP contribution >= 0.6 is 0 Å². The van der Waals surface area contributed by atoms with E-state index in [4.69, 9.17) is 16.2 Å². The molecule has 1 amide bonds. The number of primary amides is 1. The van der Waals surface area contributed by atoms with Gasteiger partial charge < -0.3 is 26.0 Å². The summed E-state index contributed by atoms with van der Waals surface area (Å²) in [5, 5.41) is 0. The van der Waals surface area contributed by atoms with Crippen LogP contribution in [0.1, 0.15) is 12.8 Å². The Bertz CT molecular complexity index is 578. The van der Waals surface area contributed by atoms with Crippen molar-refractivity contribution >= 4 is 17.5 Å². The normalized spacial score (nSPS) is 21.0. The zero-order chi connectivity index (χ0) is 17.1. The molecule has 0 unspecified atom stereocenters. The highest BCUT2D eigenvalue weighted by molar-refractivity contribution is 5.73. The highest BCUT2D eigenvalue weighted by atomic mass is 16.5. The number of hydrogen-bond acceptors (Lipinski definition) is 6. The zero-order valence-corrected chi connectivity index (χ0v) is 14.3. The average molecular weight is 333 g/mol. The number of nitrogen functional groups attached to an aromatic ring is 1. The first-order valence-corrected chi connectivity index (χ1v) is 8.57. The molecule has 0 spiro atoms. The second-order valence-electron chi connectivity index (χ2n) is 6.70. The van der Waals surface area contributed by atoms with Crippen LogP contribution in [0.2, 0.25) is 0 Å². The average Bonchev–Trinajstić information content (AvgIpc) is 2.57. The molecule has 1 aromatic carbocycles. The van der Waals surface area contributed by atoms with Gasteiger partial charge in [0.2, 0.25) is 0 Å². The lowest BCUT2D eigenvalue weighted by Gasteiger charge is -2.42. The van der Waals surface area contributed by atoms with E-state index < -0.39 is 6.09 Å². The van der Waals surface area contributed by atoms with Crippen molar-refractivity contribution in [2.75, 3.05) is 56.9 Å². The molecule has 0 bridgehead atoms. The summed E-state index contributed by atoms with van der Waals surface area (Å²) >= 11 is 0. The lowest BCUT2D eigenvalue weighted by molar-refractivity contribution is 0.0982. The van der Waals surface area contributed by atoms with Gasteiger partial charge in [0.25, 0.3) is 0 Å². The fraction of sp³-hybridized carbons (Fsp3) is 0.588. The second-order valence-corrected chi connectivity index (χ2v) is 6.70. The summed E-state index contributed by atoms with van der Waals surface area (Å²) < 4.78 is 4.98. The van der Waals surface area contributed by atoms with Crippen molar-refractivity contribution in [3.8, 4) is 5.75 Å². The van der Waals surface area contributed by atoms with E-state index in [1.807, 2.05) is 6.07 Å². The summed E-state index contributed by atoms with van der Waals surface area (Å²) in [6.07, 6.45) is 1.47. The Labute approximate surface area is 143 Å². The van der Waals surface area contributed by atoms with Gasteiger partial charge in [-0.2, -0.15) is 0 Å².